The van der Waals surface area contributed by atoms with E-state index in [9.17, 15) is 9.18 Å². The molecule has 0 radical (unpaired) electrons. The van der Waals surface area contributed by atoms with Crippen LogP contribution in [0.25, 0.3) is 0 Å². The minimum absolute atomic E-state index is 0.311. The molecular weight excluding hydrogens is 197 g/mol. The molecule has 0 bridgehead atoms. The van der Waals surface area contributed by atoms with Crippen molar-refractivity contribution in [2.24, 2.45) is 0 Å². The Hall–Kier alpha value is -1.45. The molecule has 1 aromatic rings. The van der Waals surface area contributed by atoms with Crippen molar-refractivity contribution in [3.05, 3.63) is 29.8 Å². The van der Waals surface area contributed by atoms with Gasteiger partial charge < -0.3 is 4.74 Å². The van der Waals surface area contributed by atoms with Crippen molar-refractivity contribution in [2.45, 2.75) is 26.2 Å². The van der Waals surface area contributed by atoms with Crippen LogP contribution in [0.4, 0.5) is 4.39 Å². The molecule has 0 aliphatic rings. The summed E-state index contributed by atoms with van der Waals surface area (Å²) >= 11 is 0. The fourth-order valence-electron chi connectivity index (χ4n) is 1.18. The van der Waals surface area contributed by atoms with Gasteiger partial charge in [0.05, 0.1) is 18.2 Å². The lowest BCUT2D eigenvalue weighted by Crippen LogP contribution is -2.31. The summed E-state index contributed by atoms with van der Waals surface area (Å²) in [4.78, 5) is 15.3. The van der Waals surface area contributed by atoms with Gasteiger partial charge in [-0.1, -0.05) is 0 Å². The highest BCUT2D eigenvalue weighted by atomic mass is 19.1. The van der Waals surface area contributed by atoms with Gasteiger partial charge in [0, 0.05) is 6.20 Å². The van der Waals surface area contributed by atoms with Crippen molar-refractivity contribution >= 4 is 5.97 Å². The highest BCUT2D eigenvalue weighted by molar-refractivity contribution is 5.82. The predicted molar refractivity (Wildman–Crippen MR) is 53.9 cm³/mol. The molecule has 0 saturated carbocycles. The second-order valence-corrected chi connectivity index (χ2v) is 3.74. The first kappa shape index (κ1) is 11.6. The number of halogens is 1. The van der Waals surface area contributed by atoms with E-state index in [1.54, 1.807) is 20.8 Å². The fraction of sp³-hybridized carbons (Fsp3) is 0.455. The Labute approximate surface area is 88.3 Å². The normalized spacial score (nSPS) is 11.2. The van der Waals surface area contributed by atoms with Gasteiger partial charge in [0.25, 0.3) is 0 Å². The fourth-order valence-corrected chi connectivity index (χ4v) is 1.18. The molecule has 3 nitrogen and oxygen atoms in total. The molecule has 0 atom stereocenters. The average Bonchev–Trinajstić information content (AvgIpc) is 2.18. The standard InChI is InChI=1S/C11H14FNO2/c1-4-15-10(14)11(2,3)8-5-9(12)7-13-6-8/h5-7H,4H2,1-3H3. The van der Waals surface area contributed by atoms with Crippen LogP contribution in [0.2, 0.25) is 0 Å². The summed E-state index contributed by atoms with van der Waals surface area (Å²) in [5, 5.41) is 0. The van der Waals surface area contributed by atoms with E-state index in [-0.39, 0.29) is 5.97 Å². The smallest absolute Gasteiger partial charge is 0.316 e. The summed E-state index contributed by atoms with van der Waals surface area (Å²) in [6.07, 6.45) is 2.57. The summed E-state index contributed by atoms with van der Waals surface area (Å²) in [6.45, 7) is 5.41. The Bertz CT molecular complexity index is 363. The number of carbonyl (C=O) groups is 1. The van der Waals surface area contributed by atoms with E-state index < -0.39 is 11.2 Å². The zero-order valence-electron chi connectivity index (χ0n) is 9.08. The summed E-state index contributed by atoms with van der Waals surface area (Å²) in [7, 11) is 0. The molecular formula is C11H14FNO2. The van der Waals surface area contributed by atoms with E-state index in [1.807, 2.05) is 0 Å². The van der Waals surface area contributed by atoms with Crippen LogP contribution in [-0.2, 0) is 14.9 Å². The van der Waals surface area contributed by atoms with Gasteiger partial charge in [-0.05, 0) is 32.4 Å². The number of ether oxygens (including phenoxy) is 1. The number of pyridine rings is 1. The first-order chi connectivity index (χ1) is 6.98. The number of hydrogen-bond donors (Lipinski definition) is 0. The average molecular weight is 211 g/mol. The molecule has 1 heterocycles. The molecule has 0 spiro atoms. The lowest BCUT2D eigenvalue weighted by molar-refractivity contribution is -0.148. The predicted octanol–water partition coefficient (Wildman–Crippen LogP) is 2.06. The molecule has 0 fully saturated rings. The number of esters is 1. The first-order valence-electron chi connectivity index (χ1n) is 4.76. The molecule has 0 unspecified atom stereocenters. The third kappa shape index (κ3) is 2.52. The third-order valence-corrected chi connectivity index (χ3v) is 2.21. The van der Waals surface area contributed by atoms with Crippen LogP contribution in [0.3, 0.4) is 0 Å². The lowest BCUT2D eigenvalue weighted by atomic mass is 9.86. The SMILES string of the molecule is CCOC(=O)C(C)(C)c1cncc(F)c1. The van der Waals surface area contributed by atoms with Gasteiger partial charge in [-0.15, -0.1) is 0 Å². The molecule has 4 heteroatoms. The monoisotopic (exact) mass is 211 g/mol. The Morgan fingerprint density at radius 2 is 2.20 bits per heavy atom. The summed E-state index contributed by atoms with van der Waals surface area (Å²) in [5.41, 5.74) is -0.355. The quantitative estimate of drug-likeness (QED) is 0.718. The van der Waals surface area contributed by atoms with Crippen molar-refractivity contribution in [3.8, 4) is 0 Å². The number of carbonyl (C=O) groups excluding carboxylic acids is 1. The zero-order chi connectivity index (χ0) is 11.5. The van der Waals surface area contributed by atoms with E-state index >= 15 is 0 Å². The van der Waals surface area contributed by atoms with Gasteiger partial charge in [0.2, 0.25) is 0 Å². The molecule has 0 N–H and O–H groups in total. The van der Waals surface area contributed by atoms with Crippen LogP contribution in [0.15, 0.2) is 18.5 Å². The number of nitrogens with zero attached hydrogens (tertiary/aromatic N) is 1. The van der Waals surface area contributed by atoms with Crippen LogP contribution in [0, 0.1) is 5.82 Å². The van der Waals surface area contributed by atoms with Crippen LogP contribution in [0.1, 0.15) is 26.3 Å². The van der Waals surface area contributed by atoms with Gasteiger partial charge in [-0.2, -0.15) is 0 Å². The van der Waals surface area contributed by atoms with Gasteiger partial charge in [0.15, 0.2) is 0 Å². The molecule has 0 aliphatic carbocycles. The van der Waals surface area contributed by atoms with Crippen molar-refractivity contribution in [1.29, 1.82) is 0 Å². The number of aromatic nitrogens is 1. The molecule has 0 aromatic carbocycles. The maximum absolute atomic E-state index is 12.9. The molecule has 0 aliphatic heterocycles. The van der Waals surface area contributed by atoms with Gasteiger partial charge in [-0.25, -0.2) is 4.39 Å². The van der Waals surface area contributed by atoms with Crippen LogP contribution >= 0.6 is 0 Å². The molecule has 0 amide bonds. The number of rotatable bonds is 3. The van der Waals surface area contributed by atoms with Crippen LogP contribution < -0.4 is 0 Å². The Morgan fingerprint density at radius 3 is 2.73 bits per heavy atom. The number of hydrogen-bond acceptors (Lipinski definition) is 3. The van der Waals surface area contributed by atoms with Gasteiger partial charge in [0.1, 0.15) is 5.82 Å². The molecule has 82 valence electrons. The van der Waals surface area contributed by atoms with Gasteiger partial charge >= 0.3 is 5.97 Å². The molecule has 1 aromatic heterocycles. The molecule has 15 heavy (non-hydrogen) atoms. The minimum atomic E-state index is -0.870. The van der Waals surface area contributed by atoms with Crippen LogP contribution in [-0.4, -0.2) is 17.6 Å². The van der Waals surface area contributed by atoms with E-state index in [4.69, 9.17) is 4.74 Å². The highest BCUT2D eigenvalue weighted by Gasteiger charge is 2.31. The topological polar surface area (TPSA) is 39.2 Å². The maximum atomic E-state index is 12.9. The van der Waals surface area contributed by atoms with E-state index in [0.29, 0.717) is 12.2 Å². The summed E-state index contributed by atoms with van der Waals surface area (Å²) in [6, 6.07) is 1.30. The van der Waals surface area contributed by atoms with Crippen molar-refractivity contribution in [3.63, 3.8) is 0 Å². The second kappa shape index (κ2) is 4.38. The third-order valence-electron chi connectivity index (χ3n) is 2.21. The summed E-state index contributed by atoms with van der Waals surface area (Å²) < 4.78 is 17.8. The van der Waals surface area contributed by atoms with E-state index in [1.165, 1.54) is 12.3 Å². The van der Waals surface area contributed by atoms with Crippen molar-refractivity contribution in [2.75, 3.05) is 6.61 Å². The minimum Gasteiger partial charge on any atom is -0.465 e. The van der Waals surface area contributed by atoms with E-state index in [0.717, 1.165) is 6.20 Å². The van der Waals surface area contributed by atoms with Crippen molar-refractivity contribution < 1.29 is 13.9 Å². The lowest BCUT2D eigenvalue weighted by Gasteiger charge is -2.22. The Morgan fingerprint density at radius 1 is 1.53 bits per heavy atom. The highest BCUT2D eigenvalue weighted by Crippen LogP contribution is 2.24. The Kier molecular flexibility index (Phi) is 3.39. The molecule has 1 rings (SSSR count). The van der Waals surface area contributed by atoms with Crippen molar-refractivity contribution in [1.82, 2.24) is 4.98 Å². The van der Waals surface area contributed by atoms with Gasteiger partial charge in [-0.3, -0.25) is 9.78 Å². The summed E-state index contributed by atoms with van der Waals surface area (Å²) in [5.74, 6) is -0.831. The molecule has 0 saturated heterocycles. The second-order valence-electron chi connectivity index (χ2n) is 3.74. The Balaban J connectivity index is 2.99. The van der Waals surface area contributed by atoms with E-state index in [2.05, 4.69) is 4.98 Å². The maximum Gasteiger partial charge on any atom is 0.316 e. The zero-order valence-corrected chi connectivity index (χ0v) is 9.08. The first-order valence-corrected chi connectivity index (χ1v) is 4.76. The van der Waals surface area contributed by atoms with Crippen LogP contribution in [0.5, 0.6) is 0 Å². The largest absolute Gasteiger partial charge is 0.465 e.